The first-order chi connectivity index (χ1) is 16.5. The molecule has 0 saturated heterocycles. The fraction of sp³-hybridized carbons (Fsp3) is 0.185. The third kappa shape index (κ3) is 4.37. The Morgan fingerprint density at radius 2 is 1.65 bits per heavy atom. The lowest BCUT2D eigenvalue weighted by Crippen LogP contribution is -2.20. The number of methoxy groups -OCH3 is 2. The first-order valence-corrected chi connectivity index (χ1v) is 10.8. The van der Waals surface area contributed by atoms with Crippen molar-refractivity contribution in [3.8, 4) is 17.2 Å². The molecule has 4 aromatic rings. The zero-order valence-corrected chi connectivity index (χ0v) is 19.1. The number of ketones is 1. The maximum absolute atomic E-state index is 14.4. The smallest absolute Gasteiger partial charge is 0.200 e. The maximum Gasteiger partial charge on any atom is 0.200 e. The highest BCUT2D eigenvalue weighted by Crippen LogP contribution is 2.32. The zero-order valence-electron chi connectivity index (χ0n) is 19.1. The van der Waals surface area contributed by atoms with Crippen molar-refractivity contribution in [2.24, 2.45) is 0 Å². The number of hydrogen-bond donors (Lipinski definition) is 0. The fourth-order valence-electron chi connectivity index (χ4n) is 3.84. The highest BCUT2D eigenvalue weighted by Gasteiger charge is 2.20. The van der Waals surface area contributed by atoms with Gasteiger partial charge in [0.2, 0.25) is 5.43 Å². The number of carbonyl (C=O) groups is 1. The van der Waals surface area contributed by atoms with Crippen molar-refractivity contribution in [1.29, 1.82) is 0 Å². The molecular formula is C27H24FNO5. The van der Waals surface area contributed by atoms with Crippen molar-refractivity contribution in [1.82, 2.24) is 4.57 Å². The molecule has 0 aliphatic heterocycles. The molecule has 0 unspecified atom stereocenters. The monoisotopic (exact) mass is 461 g/mol. The molecule has 0 radical (unpaired) electrons. The average molecular weight is 461 g/mol. The number of hydrogen-bond acceptors (Lipinski definition) is 5. The molecule has 3 aromatic carbocycles. The van der Waals surface area contributed by atoms with E-state index in [9.17, 15) is 14.0 Å². The number of rotatable bonds is 8. The van der Waals surface area contributed by atoms with E-state index >= 15 is 0 Å². The van der Waals surface area contributed by atoms with E-state index in [-0.39, 0.29) is 23.3 Å². The van der Waals surface area contributed by atoms with Crippen molar-refractivity contribution >= 4 is 16.7 Å². The Balaban J connectivity index is 1.91. The average Bonchev–Trinajstić information content (AvgIpc) is 2.86. The van der Waals surface area contributed by atoms with E-state index in [2.05, 4.69) is 0 Å². The Morgan fingerprint density at radius 1 is 0.971 bits per heavy atom. The molecule has 34 heavy (non-hydrogen) atoms. The Bertz CT molecular complexity index is 1410. The first kappa shape index (κ1) is 23.0. The van der Waals surface area contributed by atoms with Gasteiger partial charge in [-0.1, -0.05) is 18.2 Å². The molecule has 1 aromatic heterocycles. The third-order valence-electron chi connectivity index (χ3n) is 5.56. The first-order valence-electron chi connectivity index (χ1n) is 10.8. The number of fused-ring (bicyclic) bond motifs is 1. The topological polar surface area (TPSA) is 66.8 Å². The van der Waals surface area contributed by atoms with Gasteiger partial charge in [0.15, 0.2) is 17.3 Å². The van der Waals surface area contributed by atoms with Crippen LogP contribution in [0.2, 0.25) is 0 Å². The van der Waals surface area contributed by atoms with Gasteiger partial charge in [-0.05, 0) is 43.3 Å². The number of nitrogens with zero attached hydrogens (tertiary/aromatic N) is 1. The maximum atomic E-state index is 14.4. The van der Waals surface area contributed by atoms with Gasteiger partial charge in [0, 0.05) is 23.4 Å². The van der Waals surface area contributed by atoms with Crippen LogP contribution in [0.25, 0.3) is 10.9 Å². The van der Waals surface area contributed by atoms with Crippen LogP contribution in [0.5, 0.6) is 17.2 Å². The van der Waals surface area contributed by atoms with Gasteiger partial charge in [-0.2, -0.15) is 0 Å². The Labute approximate surface area is 196 Å². The van der Waals surface area contributed by atoms with Gasteiger partial charge >= 0.3 is 0 Å². The van der Waals surface area contributed by atoms with Gasteiger partial charge in [-0.15, -0.1) is 0 Å². The fourth-order valence-corrected chi connectivity index (χ4v) is 3.84. The predicted octanol–water partition coefficient (Wildman–Crippen LogP) is 4.84. The number of pyridine rings is 1. The molecule has 0 bridgehead atoms. The van der Waals surface area contributed by atoms with E-state index in [0.717, 1.165) is 0 Å². The van der Waals surface area contributed by atoms with Crippen molar-refractivity contribution in [3.05, 3.63) is 99.6 Å². The molecule has 0 spiro atoms. The summed E-state index contributed by atoms with van der Waals surface area (Å²) in [5.74, 6) is 0.588. The van der Waals surface area contributed by atoms with Crippen LogP contribution >= 0.6 is 0 Å². The van der Waals surface area contributed by atoms with Gasteiger partial charge in [0.05, 0.1) is 43.8 Å². The second kappa shape index (κ2) is 9.79. The molecule has 0 aliphatic carbocycles. The summed E-state index contributed by atoms with van der Waals surface area (Å²) in [7, 11) is 2.96. The van der Waals surface area contributed by atoms with Gasteiger partial charge in [0.25, 0.3) is 0 Å². The summed E-state index contributed by atoms with van der Waals surface area (Å²) in [6, 6.07) is 16.2. The number of carbonyl (C=O) groups excluding carboxylic acids is 1. The molecule has 7 heteroatoms. The van der Waals surface area contributed by atoms with E-state index in [4.69, 9.17) is 14.2 Å². The summed E-state index contributed by atoms with van der Waals surface area (Å²) in [5, 5.41) is 0.269. The predicted molar refractivity (Wildman–Crippen MR) is 128 cm³/mol. The Kier molecular flexibility index (Phi) is 6.63. The molecule has 174 valence electrons. The lowest BCUT2D eigenvalue weighted by atomic mass is 10.0. The largest absolute Gasteiger partial charge is 0.494 e. The zero-order chi connectivity index (χ0) is 24.2. The number of aromatic nitrogens is 1. The highest BCUT2D eigenvalue weighted by molar-refractivity contribution is 6.10. The lowest BCUT2D eigenvalue weighted by Gasteiger charge is -2.16. The minimum Gasteiger partial charge on any atom is -0.494 e. The standard InChI is InChI=1S/C27H24FNO5/c1-4-34-19-11-9-17(10-12-19)26(30)21-16-29(15-18-7-5-6-8-22(18)28)23-14-25(33-3)24(32-2)13-20(23)27(21)31/h5-14,16H,4,15H2,1-3H3. The van der Waals surface area contributed by atoms with Crippen molar-refractivity contribution in [2.45, 2.75) is 13.5 Å². The molecule has 0 saturated carbocycles. The minimum atomic E-state index is -0.445. The van der Waals surface area contributed by atoms with Crippen molar-refractivity contribution in [3.63, 3.8) is 0 Å². The SMILES string of the molecule is CCOc1ccc(C(=O)c2cn(Cc3ccccc3F)c3cc(OC)c(OC)cc3c2=O)cc1. The van der Waals surface area contributed by atoms with Crippen LogP contribution < -0.4 is 19.6 Å². The number of ether oxygens (including phenoxy) is 3. The summed E-state index contributed by atoms with van der Waals surface area (Å²) < 4.78 is 32.3. The summed E-state index contributed by atoms with van der Waals surface area (Å²) in [6.45, 7) is 2.49. The quantitative estimate of drug-likeness (QED) is 0.352. The van der Waals surface area contributed by atoms with Crippen LogP contribution in [0, 0.1) is 5.82 Å². The normalized spacial score (nSPS) is 10.8. The molecule has 4 rings (SSSR count). The van der Waals surface area contributed by atoms with Crippen LogP contribution in [-0.2, 0) is 6.54 Å². The Hall–Kier alpha value is -4.13. The third-order valence-corrected chi connectivity index (χ3v) is 5.56. The lowest BCUT2D eigenvalue weighted by molar-refractivity contribution is 0.103. The number of halogens is 1. The second-order valence-electron chi connectivity index (χ2n) is 7.60. The molecule has 0 aliphatic rings. The van der Waals surface area contributed by atoms with Crippen molar-refractivity contribution in [2.75, 3.05) is 20.8 Å². The van der Waals surface area contributed by atoms with Crippen LogP contribution in [-0.4, -0.2) is 31.2 Å². The van der Waals surface area contributed by atoms with E-state index in [1.54, 1.807) is 59.2 Å². The molecule has 6 nitrogen and oxygen atoms in total. The summed E-state index contributed by atoms with van der Waals surface area (Å²) in [6.07, 6.45) is 1.47. The second-order valence-corrected chi connectivity index (χ2v) is 7.60. The van der Waals surface area contributed by atoms with E-state index < -0.39 is 11.2 Å². The van der Waals surface area contributed by atoms with Gasteiger partial charge in [-0.25, -0.2) is 4.39 Å². The van der Waals surface area contributed by atoms with Crippen LogP contribution in [0.1, 0.15) is 28.4 Å². The van der Waals surface area contributed by atoms with E-state index in [0.29, 0.717) is 40.5 Å². The summed E-state index contributed by atoms with van der Waals surface area (Å²) in [4.78, 5) is 26.8. The highest BCUT2D eigenvalue weighted by atomic mass is 19.1. The van der Waals surface area contributed by atoms with E-state index in [1.807, 2.05) is 6.92 Å². The summed E-state index contributed by atoms with van der Waals surface area (Å²) in [5.41, 5.74) is 0.786. The minimum absolute atomic E-state index is 0.0276. The molecule has 0 fully saturated rings. The van der Waals surface area contributed by atoms with E-state index in [1.165, 1.54) is 26.5 Å². The van der Waals surface area contributed by atoms with Crippen LogP contribution in [0.3, 0.4) is 0 Å². The van der Waals surface area contributed by atoms with Crippen LogP contribution in [0.4, 0.5) is 4.39 Å². The van der Waals surface area contributed by atoms with Gasteiger partial charge in [-0.3, -0.25) is 9.59 Å². The summed E-state index contributed by atoms with van der Waals surface area (Å²) >= 11 is 0. The number of benzene rings is 3. The molecular weight excluding hydrogens is 437 g/mol. The Morgan fingerprint density at radius 3 is 2.29 bits per heavy atom. The molecule has 0 N–H and O–H groups in total. The van der Waals surface area contributed by atoms with Crippen LogP contribution in [0.15, 0.2) is 71.7 Å². The molecule has 0 atom stereocenters. The molecule has 0 amide bonds. The van der Waals surface area contributed by atoms with Gasteiger partial charge in [0.1, 0.15) is 11.6 Å². The van der Waals surface area contributed by atoms with Gasteiger partial charge < -0.3 is 18.8 Å². The molecule has 1 heterocycles. The van der Waals surface area contributed by atoms with Crippen molar-refractivity contribution < 1.29 is 23.4 Å².